The van der Waals surface area contributed by atoms with Crippen LogP contribution in [0.25, 0.3) is 11.0 Å². The Kier molecular flexibility index (Phi) is 4.91. The smallest absolute Gasteiger partial charge is 0.166 e. The predicted octanol–water partition coefficient (Wildman–Crippen LogP) is 1.93. The third-order valence-corrected chi connectivity index (χ3v) is 5.42. The van der Waals surface area contributed by atoms with Gasteiger partial charge in [0, 0.05) is 32.7 Å². The molecule has 7 nitrogen and oxygen atoms in total. The lowest BCUT2D eigenvalue weighted by Crippen LogP contribution is -2.48. The molecule has 2 unspecified atom stereocenters. The summed E-state index contributed by atoms with van der Waals surface area (Å²) in [5.41, 5.74) is 6.45. The molecule has 0 spiro atoms. The summed E-state index contributed by atoms with van der Waals surface area (Å²) >= 11 is 0. The molecule has 2 aliphatic rings. The lowest BCUT2D eigenvalue weighted by atomic mass is 9.95. The highest BCUT2D eigenvalue weighted by atomic mass is 16.5. The number of nitrogens with two attached hydrogens (primary N) is 1. The first kappa shape index (κ1) is 17.4. The van der Waals surface area contributed by atoms with Crippen molar-refractivity contribution < 1.29 is 4.74 Å². The van der Waals surface area contributed by atoms with Gasteiger partial charge in [0.2, 0.25) is 0 Å². The van der Waals surface area contributed by atoms with E-state index >= 15 is 0 Å². The van der Waals surface area contributed by atoms with Gasteiger partial charge in [0.15, 0.2) is 5.65 Å². The van der Waals surface area contributed by atoms with Crippen molar-refractivity contribution in [3.8, 4) is 0 Å². The fraction of sp³-hybridized carbons (Fsp3) is 0.632. The number of piperidine rings is 1. The van der Waals surface area contributed by atoms with Gasteiger partial charge in [0.05, 0.1) is 17.6 Å². The van der Waals surface area contributed by atoms with Crippen LogP contribution < -0.4 is 10.6 Å². The molecule has 7 heteroatoms. The van der Waals surface area contributed by atoms with Gasteiger partial charge in [-0.15, -0.1) is 0 Å². The van der Waals surface area contributed by atoms with Gasteiger partial charge in [0.1, 0.15) is 18.0 Å². The molecule has 140 valence electrons. The quantitative estimate of drug-likeness (QED) is 0.900. The van der Waals surface area contributed by atoms with Gasteiger partial charge in [0.25, 0.3) is 0 Å². The zero-order chi connectivity index (χ0) is 18.1. The molecule has 2 fully saturated rings. The SMILES string of the molecule is CC1CN(CC2CCN(c3ncnc4nc(N)ccc34)CC2)CC(C)O1. The first-order valence-electron chi connectivity index (χ1n) is 9.58. The van der Waals surface area contributed by atoms with Crippen LogP contribution in [0.4, 0.5) is 11.6 Å². The largest absolute Gasteiger partial charge is 0.384 e. The van der Waals surface area contributed by atoms with Crippen molar-refractivity contribution in [3.05, 3.63) is 18.5 Å². The minimum absolute atomic E-state index is 0.339. The lowest BCUT2D eigenvalue weighted by molar-refractivity contribution is -0.0720. The number of ether oxygens (including phenoxy) is 1. The average molecular weight is 356 g/mol. The molecular formula is C19H28N6O. The van der Waals surface area contributed by atoms with E-state index in [2.05, 4.69) is 38.6 Å². The van der Waals surface area contributed by atoms with Crippen molar-refractivity contribution in [1.29, 1.82) is 0 Å². The molecule has 0 bridgehead atoms. The fourth-order valence-corrected chi connectivity index (χ4v) is 4.32. The molecule has 2 saturated heterocycles. The lowest BCUT2D eigenvalue weighted by Gasteiger charge is -2.39. The first-order valence-corrected chi connectivity index (χ1v) is 9.58. The van der Waals surface area contributed by atoms with E-state index in [0.29, 0.717) is 23.7 Å². The van der Waals surface area contributed by atoms with Gasteiger partial charge in [-0.1, -0.05) is 0 Å². The summed E-state index contributed by atoms with van der Waals surface area (Å²) in [7, 11) is 0. The Balaban J connectivity index is 1.39. The molecule has 2 aromatic rings. The number of anilines is 2. The summed E-state index contributed by atoms with van der Waals surface area (Å²) in [6.07, 6.45) is 4.65. The van der Waals surface area contributed by atoms with Gasteiger partial charge >= 0.3 is 0 Å². The topological polar surface area (TPSA) is 80.4 Å². The summed E-state index contributed by atoms with van der Waals surface area (Å²) in [4.78, 5) is 18.0. The number of rotatable bonds is 3. The summed E-state index contributed by atoms with van der Waals surface area (Å²) in [5, 5.41) is 0.982. The highest BCUT2D eigenvalue weighted by molar-refractivity contribution is 5.87. The second-order valence-corrected chi connectivity index (χ2v) is 7.71. The molecule has 4 heterocycles. The van der Waals surface area contributed by atoms with E-state index in [9.17, 15) is 0 Å². The van der Waals surface area contributed by atoms with Crippen LogP contribution in [0.1, 0.15) is 26.7 Å². The number of nitrogens with zero attached hydrogens (tertiary/aromatic N) is 5. The Morgan fingerprint density at radius 2 is 1.85 bits per heavy atom. The van der Waals surface area contributed by atoms with E-state index in [1.165, 1.54) is 19.4 Å². The van der Waals surface area contributed by atoms with Crippen molar-refractivity contribution in [1.82, 2.24) is 19.9 Å². The molecule has 0 amide bonds. The number of morpholine rings is 1. The van der Waals surface area contributed by atoms with Crippen molar-refractivity contribution in [3.63, 3.8) is 0 Å². The Bertz CT molecular complexity index is 751. The van der Waals surface area contributed by atoms with E-state index in [1.54, 1.807) is 6.33 Å². The van der Waals surface area contributed by atoms with Crippen molar-refractivity contribution >= 4 is 22.7 Å². The summed E-state index contributed by atoms with van der Waals surface area (Å²) < 4.78 is 5.85. The number of hydrogen-bond donors (Lipinski definition) is 1. The van der Waals surface area contributed by atoms with Gasteiger partial charge in [-0.3, -0.25) is 4.90 Å². The molecule has 2 N–H and O–H groups in total. The average Bonchev–Trinajstić information content (AvgIpc) is 2.61. The number of fused-ring (bicyclic) bond motifs is 1. The molecule has 2 atom stereocenters. The molecule has 2 aromatic heterocycles. The zero-order valence-electron chi connectivity index (χ0n) is 15.6. The molecule has 0 aliphatic carbocycles. The van der Waals surface area contributed by atoms with Crippen LogP contribution in [0, 0.1) is 5.92 Å². The van der Waals surface area contributed by atoms with Gasteiger partial charge < -0.3 is 15.4 Å². The van der Waals surface area contributed by atoms with Crippen LogP contribution in [-0.4, -0.2) is 64.8 Å². The second kappa shape index (κ2) is 7.32. The van der Waals surface area contributed by atoms with Crippen LogP contribution in [0.5, 0.6) is 0 Å². The van der Waals surface area contributed by atoms with Crippen LogP contribution in [-0.2, 0) is 4.74 Å². The van der Waals surface area contributed by atoms with Crippen LogP contribution in [0.2, 0.25) is 0 Å². The zero-order valence-corrected chi connectivity index (χ0v) is 15.6. The normalized spacial score (nSPS) is 25.7. The van der Waals surface area contributed by atoms with Gasteiger partial charge in [-0.2, -0.15) is 0 Å². The molecule has 0 saturated carbocycles. The number of nitrogen functional groups attached to an aromatic ring is 1. The van der Waals surface area contributed by atoms with E-state index < -0.39 is 0 Å². The van der Waals surface area contributed by atoms with Gasteiger partial charge in [-0.25, -0.2) is 15.0 Å². The molecule has 4 rings (SSSR count). The number of hydrogen-bond acceptors (Lipinski definition) is 7. The fourth-order valence-electron chi connectivity index (χ4n) is 4.32. The monoisotopic (exact) mass is 356 g/mol. The Morgan fingerprint density at radius 3 is 2.58 bits per heavy atom. The van der Waals surface area contributed by atoms with E-state index in [-0.39, 0.29) is 0 Å². The highest BCUT2D eigenvalue weighted by Gasteiger charge is 2.27. The molecular weight excluding hydrogens is 328 g/mol. The number of pyridine rings is 1. The van der Waals surface area contributed by atoms with Crippen molar-refractivity contribution in [2.45, 2.75) is 38.9 Å². The Morgan fingerprint density at radius 1 is 1.12 bits per heavy atom. The third kappa shape index (κ3) is 3.73. The minimum Gasteiger partial charge on any atom is -0.384 e. The second-order valence-electron chi connectivity index (χ2n) is 7.71. The molecule has 26 heavy (non-hydrogen) atoms. The maximum atomic E-state index is 5.85. The standard InChI is InChI=1S/C19H28N6O/c1-13-9-24(10-14(2)26-13)11-15-5-7-25(8-6-15)19-16-3-4-17(20)23-18(16)21-12-22-19/h3-4,12-15H,5-11H2,1-2H3,(H2,20,21,22,23). The van der Waals surface area contributed by atoms with Crippen LogP contribution in [0.3, 0.4) is 0 Å². The van der Waals surface area contributed by atoms with Crippen LogP contribution >= 0.6 is 0 Å². The van der Waals surface area contributed by atoms with Crippen LogP contribution in [0.15, 0.2) is 18.5 Å². The first-order chi connectivity index (χ1) is 12.6. The summed E-state index contributed by atoms with van der Waals surface area (Å²) in [5.74, 6) is 2.22. The Hall–Kier alpha value is -1.99. The maximum Gasteiger partial charge on any atom is 0.166 e. The van der Waals surface area contributed by atoms with Crippen molar-refractivity contribution in [2.24, 2.45) is 5.92 Å². The summed E-state index contributed by atoms with van der Waals surface area (Å²) in [6, 6.07) is 3.80. The summed E-state index contributed by atoms with van der Waals surface area (Å²) in [6.45, 7) is 9.67. The van der Waals surface area contributed by atoms with Crippen molar-refractivity contribution in [2.75, 3.05) is 43.4 Å². The van der Waals surface area contributed by atoms with E-state index in [0.717, 1.165) is 43.3 Å². The van der Waals surface area contributed by atoms with E-state index in [1.807, 2.05) is 12.1 Å². The number of aromatic nitrogens is 3. The maximum absolute atomic E-state index is 5.85. The third-order valence-electron chi connectivity index (χ3n) is 5.42. The Labute approximate surface area is 154 Å². The highest BCUT2D eigenvalue weighted by Crippen LogP contribution is 2.28. The predicted molar refractivity (Wildman–Crippen MR) is 103 cm³/mol. The minimum atomic E-state index is 0.339. The molecule has 0 radical (unpaired) electrons. The van der Waals surface area contributed by atoms with Gasteiger partial charge in [-0.05, 0) is 44.7 Å². The van der Waals surface area contributed by atoms with E-state index in [4.69, 9.17) is 10.5 Å². The molecule has 0 aromatic carbocycles. The molecule has 2 aliphatic heterocycles.